The maximum absolute atomic E-state index is 12.4. The predicted molar refractivity (Wildman–Crippen MR) is 92.0 cm³/mol. The van der Waals surface area contributed by atoms with E-state index in [1.165, 1.54) is 0 Å². The van der Waals surface area contributed by atoms with Gasteiger partial charge in [-0.3, -0.25) is 4.79 Å². The molecule has 1 saturated heterocycles. The number of likely N-dealkylation sites (tertiary alicyclic amines) is 1. The number of carbonyl (C=O) groups is 1. The molecule has 3 rings (SSSR count). The maximum Gasteiger partial charge on any atom is 0.316 e. The number of hydrogen-bond acceptors (Lipinski definition) is 5. The van der Waals surface area contributed by atoms with E-state index >= 15 is 0 Å². The number of ether oxygens (including phenoxy) is 2. The van der Waals surface area contributed by atoms with Crippen molar-refractivity contribution in [2.24, 2.45) is 0 Å². The number of nitrogens with zero attached hydrogens (tertiary/aromatic N) is 3. The molecule has 1 atom stereocenters. The van der Waals surface area contributed by atoms with Gasteiger partial charge in [0.2, 0.25) is 5.91 Å². The summed E-state index contributed by atoms with van der Waals surface area (Å²) >= 11 is 3.29. The number of amides is 1. The second-order valence-electron chi connectivity index (χ2n) is 5.58. The molecule has 24 heavy (non-hydrogen) atoms. The van der Waals surface area contributed by atoms with Gasteiger partial charge in [0, 0.05) is 25.4 Å². The molecule has 1 aromatic carbocycles. The second-order valence-corrected chi connectivity index (χ2v) is 6.49. The third-order valence-electron chi connectivity index (χ3n) is 3.88. The summed E-state index contributed by atoms with van der Waals surface area (Å²) in [6, 6.07) is 7.90. The molecule has 0 unspecified atom stereocenters. The fraction of sp³-hybridized carbons (Fsp3) is 0.353. The van der Waals surface area contributed by atoms with Crippen LogP contribution in [0.15, 0.2) is 41.1 Å². The first kappa shape index (κ1) is 16.7. The number of halogens is 1. The highest BCUT2D eigenvalue weighted by Crippen LogP contribution is 2.18. The molecule has 0 aliphatic carbocycles. The van der Waals surface area contributed by atoms with Crippen molar-refractivity contribution in [3.63, 3.8) is 0 Å². The van der Waals surface area contributed by atoms with Gasteiger partial charge >= 0.3 is 6.01 Å². The fourth-order valence-electron chi connectivity index (χ4n) is 2.59. The Hall–Kier alpha value is -2.15. The van der Waals surface area contributed by atoms with Gasteiger partial charge < -0.3 is 14.4 Å². The van der Waals surface area contributed by atoms with E-state index in [1.54, 1.807) is 19.5 Å². The van der Waals surface area contributed by atoms with Gasteiger partial charge in [0.05, 0.1) is 24.5 Å². The van der Waals surface area contributed by atoms with Gasteiger partial charge in [-0.15, -0.1) is 0 Å². The van der Waals surface area contributed by atoms with Crippen LogP contribution in [-0.4, -0.2) is 47.1 Å². The summed E-state index contributed by atoms with van der Waals surface area (Å²) in [5.74, 6) is 0.887. The van der Waals surface area contributed by atoms with Gasteiger partial charge in [0.25, 0.3) is 0 Å². The molecule has 0 N–H and O–H groups in total. The molecule has 1 amide bonds. The lowest BCUT2D eigenvalue weighted by Crippen LogP contribution is -2.32. The number of benzene rings is 1. The Morgan fingerprint density at radius 1 is 1.29 bits per heavy atom. The number of aromatic nitrogens is 2. The first-order valence-electron chi connectivity index (χ1n) is 7.69. The Balaban J connectivity index is 1.52. The zero-order chi connectivity index (χ0) is 16.9. The van der Waals surface area contributed by atoms with Gasteiger partial charge in [0.15, 0.2) is 0 Å². The summed E-state index contributed by atoms with van der Waals surface area (Å²) in [6.45, 7) is 1.25. The summed E-state index contributed by atoms with van der Waals surface area (Å²) < 4.78 is 11.7. The van der Waals surface area contributed by atoms with Crippen molar-refractivity contribution in [1.82, 2.24) is 14.9 Å². The minimum Gasteiger partial charge on any atom is -0.497 e. The summed E-state index contributed by atoms with van der Waals surface area (Å²) in [7, 11) is 1.62. The van der Waals surface area contributed by atoms with Crippen LogP contribution in [0.25, 0.3) is 0 Å². The van der Waals surface area contributed by atoms with Crippen LogP contribution in [0.2, 0.25) is 0 Å². The van der Waals surface area contributed by atoms with E-state index < -0.39 is 0 Å². The van der Waals surface area contributed by atoms with E-state index in [9.17, 15) is 4.79 Å². The summed E-state index contributed by atoms with van der Waals surface area (Å²) in [4.78, 5) is 22.4. The highest BCUT2D eigenvalue weighted by atomic mass is 79.9. The number of methoxy groups -OCH3 is 1. The molecule has 0 spiro atoms. The molecule has 1 aliphatic rings. The van der Waals surface area contributed by atoms with Crippen LogP contribution in [0.5, 0.6) is 11.8 Å². The highest BCUT2D eigenvalue weighted by Gasteiger charge is 2.28. The molecule has 2 aromatic rings. The molecular formula is C17H18BrN3O3. The van der Waals surface area contributed by atoms with Crippen molar-refractivity contribution in [3.05, 3.63) is 46.7 Å². The van der Waals surface area contributed by atoms with Gasteiger partial charge in [-0.1, -0.05) is 12.1 Å². The van der Waals surface area contributed by atoms with Crippen LogP contribution in [0.4, 0.5) is 0 Å². The molecule has 6 nitrogen and oxygen atoms in total. The van der Waals surface area contributed by atoms with E-state index in [-0.39, 0.29) is 12.0 Å². The standard InChI is InChI=1S/C17H18BrN3O3/c1-23-14-4-2-12(3-5-14)8-16(22)21-7-6-15(11-21)24-17-19-9-13(18)10-20-17/h2-5,9-10,15H,6-8,11H2,1H3/t15-/m0/s1. The van der Waals surface area contributed by atoms with Crippen molar-refractivity contribution in [2.75, 3.05) is 20.2 Å². The van der Waals surface area contributed by atoms with Crippen LogP contribution in [-0.2, 0) is 11.2 Å². The quantitative estimate of drug-likeness (QED) is 0.783. The van der Waals surface area contributed by atoms with Crippen LogP contribution in [0, 0.1) is 0 Å². The lowest BCUT2D eigenvalue weighted by atomic mass is 10.1. The van der Waals surface area contributed by atoms with E-state index in [0.717, 1.165) is 22.2 Å². The molecule has 1 fully saturated rings. The average Bonchev–Trinajstić information content (AvgIpc) is 3.06. The molecular weight excluding hydrogens is 374 g/mol. The Morgan fingerprint density at radius 2 is 2.00 bits per heavy atom. The molecule has 0 bridgehead atoms. The van der Waals surface area contributed by atoms with E-state index in [2.05, 4.69) is 25.9 Å². The smallest absolute Gasteiger partial charge is 0.316 e. The van der Waals surface area contributed by atoms with Crippen molar-refractivity contribution in [2.45, 2.75) is 18.9 Å². The normalized spacial score (nSPS) is 16.9. The Kier molecular flexibility index (Phi) is 5.30. The van der Waals surface area contributed by atoms with E-state index in [4.69, 9.17) is 9.47 Å². The molecule has 7 heteroatoms. The van der Waals surface area contributed by atoms with E-state index in [1.807, 2.05) is 29.2 Å². The predicted octanol–water partition coefficient (Wildman–Crippen LogP) is 2.47. The Morgan fingerprint density at radius 3 is 2.67 bits per heavy atom. The highest BCUT2D eigenvalue weighted by molar-refractivity contribution is 9.10. The molecule has 2 heterocycles. The third kappa shape index (κ3) is 4.23. The van der Waals surface area contributed by atoms with Gasteiger partial charge in [-0.05, 0) is 33.6 Å². The molecule has 126 valence electrons. The lowest BCUT2D eigenvalue weighted by molar-refractivity contribution is -0.129. The van der Waals surface area contributed by atoms with Gasteiger partial charge in [-0.2, -0.15) is 0 Å². The first-order valence-corrected chi connectivity index (χ1v) is 8.48. The molecule has 1 aromatic heterocycles. The third-order valence-corrected chi connectivity index (χ3v) is 4.29. The number of rotatable bonds is 5. The monoisotopic (exact) mass is 391 g/mol. The van der Waals surface area contributed by atoms with Gasteiger partial charge in [-0.25, -0.2) is 9.97 Å². The minimum absolute atomic E-state index is 0.0639. The average molecular weight is 392 g/mol. The minimum atomic E-state index is -0.0639. The summed E-state index contributed by atoms with van der Waals surface area (Å²) in [5, 5.41) is 0. The summed E-state index contributed by atoms with van der Waals surface area (Å²) in [6.07, 6.45) is 4.39. The number of carbonyl (C=O) groups excluding carboxylic acids is 1. The summed E-state index contributed by atoms with van der Waals surface area (Å²) in [5.41, 5.74) is 0.974. The van der Waals surface area contributed by atoms with Crippen molar-refractivity contribution in [3.8, 4) is 11.8 Å². The molecule has 1 aliphatic heterocycles. The molecule has 0 radical (unpaired) electrons. The van der Waals surface area contributed by atoms with Crippen LogP contribution >= 0.6 is 15.9 Å². The van der Waals surface area contributed by atoms with Gasteiger partial charge in [0.1, 0.15) is 11.9 Å². The van der Waals surface area contributed by atoms with Crippen molar-refractivity contribution < 1.29 is 14.3 Å². The van der Waals surface area contributed by atoms with Crippen LogP contribution < -0.4 is 9.47 Å². The Bertz CT molecular complexity index is 691. The van der Waals surface area contributed by atoms with Crippen molar-refractivity contribution in [1.29, 1.82) is 0 Å². The topological polar surface area (TPSA) is 64.5 Å². The number of hydrogen-bond donors (Lipinski definition) is 0. The maximum atomic E-state index is 12.4. The lowest BCUT2D eigenvalue weighted by Gasteiger charge is -2.17. The van der Waals surface area contributed by atoms with Crippen LogP contribution in [0.1, 0.15) is 12.0 Å². The Labute approximate surface area is 148 Å². The second kappa shape index (κ2) is 7.61. The largest absolute Gasteiger partial charge is 0.497 e. The van der Waals surface area contributed by atoms with E-state index in [0.29, 0.717) is 25.5 Å². The zero-order valence-corrected chi connectivity index (χ0v) is 14.9. The SMILES string of the molecule is COc1ccc(CC(=O)N2CC[C@H](Oc3ncc(Br)cn3)C2)cc1. The fourth-order valence-corrected chi connectivity index (χ4v) is 2.80. The van der Waals surface area contributed by atoms with Crippen LogP contribution in [0.3, 0.4) is 0 Å². The zero-order valence-electron chi connectivity index (χ0n) is 13.3. The molecule has 0 saturated carbocycles. The first-order chi connectivity index (χ1) is 11.6. The van der Waals surface area contributed by atoms with Crippen molar-refractivity contribution >= 4 is 21.8 Å².